The van der Waals surface area contributed by atoms with E-state index in [1.165, 1.54) is 22.7 Å². The highest BCUT2D eigenvalue weighted by molar-refractivity contribution is 8.18. The molecule has 0 N–H and O–H groups in total. The number of benzene rings is 1. The van der Waals surface area contributed by atoms with E-state index in [0.717, 1.165) is 54.4 Å². The maximum Gasteiger partial charge on any atom is 0.266 e. The summed E-state index contributed by atoms with van der Waals surface area (Å²) in [7, 11) is 2.04. The number of amides is 1. The van der Waals surface area contributed by atoms with Crippen LogP contribution in [0.4, 0.5) is 0 Å². The van der Waals surface area contributed by atoms with E-state index in [2.05, 4.69) is 36.7 Å². The summed E-state index contributed by atoms with van der Waals surface area (Å²) in [5.74, 6) is 0.0895. The van der Waals surface area contributed by atoms with Gasteiger partial charge in [0, 0.05) is 42.8 Å². The summed E-state index contributed by atoms with van der Waals surface area (Å²) < 4.78 is 2.11. The average molecular weight is 370 g/mol. The van der Waals surface area contributed by atoms with Gasteiger partial charge in [0.05, 0.1) is 4.91 Å². The van der Waals surface area contributed by atoms with Crippen LogP contribution in [0, 0.1) is 0 Å². The van der Waals surface area contributed by atoms with E-state index < -0.39 is 0 Å². The Hall–Kier alpha value is -2.01. The van der Waals surface area contributed by atoms with Crippen LogP contribution in [0.15, 0.2) is 40.4 Å². The van der Waals surface area contributed by atoms with Gasteiger partial charge in [0.25, 0.3) is 5.91 Å². The van der Waals surface area contributed by atoms with Gasteiger partial charge in [0.2, 0.25) is 0 Å². The largest absolute Gasteiger partial charge is 0.350 e. The van der Waals surface area contributed by atoms with E-state index in [-0.39, 0.29) is 5.91 Å². The maximum absolute atomic E-state index is 13.0. The van der Waals surface area contributed by atoms with Crippen LogP contribution in [0.25, 0.3) is 17.0 Å². The number of para-hydroxylation sites is 1. The molecule has 0 radical (unpaired) electrons. The van der Waals surface area contributed by atoms with Gasteiger partial charge in [-0.1, -0.05) is 44.9 Å². The number of aromatic nitrogens is 1. The van der Waals surface area contributed by atoms with Crippen LogP contribution in [0.2, 0.25) is 0 Å². The number of thioether (sulfide) groups is 1. The Morgan fingerprint density at radius 1 is 1.15 bits per heavy atom. The van der Waals surface area contributed by atoms with Crippen molar-refractivity contribution in [3.8, 4) is 0 Å². The number of carbonyl (C=O) groups excluding carboxylic acids is 1. The number of amidine groups is 1. The molecule has 0 unspecified atom stereocenters. The number of hydrogen-bond donors (Lipinski definition) is 0. The molecule has 0 spiro atoms. The maximum atomic E-state index is 13.0. The van der Waals surface area contributed by atoms with Crippen molar-refractivity contribution in [2.24, 2.45) is 12.0 Å². The molecule has 1 saturated heterocycles. The van der Waals surface area contributed by atoms with Gasteiger partial charge in [0.1, 0.15) is 0 Å². The second kappa shape index (κ2) is 8.58. The summed E-state index contributed by atoms with van der Waals surface area (Å²) in [5.41, 5.74) is 2.26. The molecule has 5 heteroatoms. The third kappa shape index (κ3) is 3.88. The first-order valence-electron chi connectivity index (χ1n) is 9.45. The third-order valence-electron chi connectivity index (χ3n) is 4.60. The minimum atomic E-state index is 0.0895. The predicted molar refractivity (Wildman–Crippen MR) is 112 cm³/mol. The van der Waals surface area contributed by atoms with Crippen molar-refractivity contribution in [2.45, 2.75) is 39.5 Å². The van der Waals surface area contributed by atoms with Crippen LogP contribution >= 0.6 is 11.8 Å². The van der Waals surface area contributed by atoms with Crippen LogP contribution in [0.5, 0.6) is 0 Å². The Morgan fingerprint density at radius 2 is 1.92 bits per heavy atom. The lowest BCUT2D eigenvalue weighted by Crippen LogP contribution is -2.30. The van der Waals surface area contributed by atoms with E-state index in [4.69, 9.17) is 4.99 Å². The zero-order valence-corrected chi connectivity index (χ0v) is 16.7. The van der Waals surface area contributed by atoms with E-state index in [1.807, 2.05) is 30.2 Å². The van der Waals surface area contributed by atoms with Crippen molar-refractivity contribution in [3.63, 3.8) is 0 Å². The van der Waals surface area contributed by atoms with Crippen LogP contribution in [-0.2, 0) is 11.8 Å². The highest BCUT2D eigenvalue weighted by Gasteiger charge is 2.32. The van der Waals surface area contributed by atoms with Crippen LogP contribution < -0.4 is 0 Å². The molecular weight excluding hydrogens is 342 g/mol. The highest BCUT2D eigenvalue weighted by atomic mass is 32.2. The Kier molecular flexibility index (Phi) is 6.20. The van der Waals surface area contributed by atoms with E-state index in [0.29, 0.717) is 0 Å². The Morgan fingerprint density at radius 3 is 2.69 bits per heavy atom. The quantitative estimate of drug-likeness (QED) is 0.506. The summed E-state index contributed by atoms with van der Waals surface area (Å²) in [6.45, 7) is 5.85. The number of hydrogen-bond acceptors (Lipinski definition) is 3. The summed E-state index contributed by atoms with van der Waals surface area (Å²) in [4.78, 5) is 20.3. The normalized spacial score (nSPS) is 18.0. The van der Waals surface area contributed by atoms with Gasteiger partial charge in [-0.25, -0.2) is 0 Å². The summed E-state index contributed by atoms with van der Waals surface area (Å²) in [5, 5.41) is 2.04. The lowest BCUT2D eigenvalue weighted by atomic mass is 10.1. The minimum absolute atomic E-state index is 0.0895. The molecule has 1 aliphatic heterocycles. The summed E-state index contributed by atoms with van der Waals surface area (Å²) >= 11 is 1.52. The van der Waals surface area contributed by atoms with Gasteiger partial charge < -0.3 is 4.57 Å². The molecule has 2 heterocycles. The van der Waals surface area contributed by atoms with E-state index in [1.54, 1.807) is 0 Å². The lowest BCUT2D eigenvalue weighted by molar-refractivity contribution is -0.122. The van der Waals surface area contributed by atoms with E-state index >= 15 is 0 Å². The molecule has 4 nitrogen and oxygen atoms in total. The van der Waals surface area contributed by atoms with Gasteiger partial charge >= 0.3 is 0 Å². The standard InChI is InChI=1S/C21H27N3OS/c1-4-6-12-22-21-24(13-7-5-2)20(25)19(26-21)14-16-15-23(3)18-11-9-8-10-17(16)18/h8-11,14-15H,4-7,12-13H2,1-3H3. The number of nitrogens with zero attached hydrogens (tertiary/aromatic N) is 3. The molecule has 1 aliphatic rings. The molecule has 26 heavy (non-hydrogen) atoms. The Balaban J connectivity index is 1.92. The van der Waals surface area contributed by atoms with Gasteiger partial charge in [-0.3, -0.25) is 14.7 Å². The van der Waals surface area contributed by atoms with E-state index in [9.17, 15) is 4.79 Å². The SMILES string of the molecule is CCCCN=C1SC(=Cc2cn(C)c3ccccc23)C(=O)N1CCCC. The lowest BCUT2D eigenvalue weighted by Gasteiger charge is -2.14. The molecule has 138 valence electrons. The van der Waals surface area contributed by atoms with Gasteiger partial charge in [0.15, 0.2) is 5.17 Å². The molecule has 3 rings (SSSR count). The molecule has 1 amide bonds. The van der Waals surface area contributed by atoms with Crippen molar-refractivity contribution in [1.82, 2.24) is 9.47 Å². The van der Waals surface area contributed by atoms with Crippen LogP contribution in [0.3, 0.4) is 0 Å². The summed E-state index contributed by atoms with van der Waals surface area (Å²) in [6.07, 6.45) is 8.36. The topological polar surface area (TPSA) is 37.6 Å². The fourth-order valence-electron chi connectivity index (χ4n) is 3.10. The second-order valence-corrected chi connectivity index (χ2v) is 7.66. The molecule has 2 aromatic rings. The number of carbonyl (C=O) groups is 1. The van der Waals surface area contributed by atoms with Gasteiger partial charge in [-0.05, 0) is 36.7 Å². The number of aryl methyl sites for hydroxylation is 1. The van der Waals surface area contributed by atoms with Crippen molar-refractivity contribution < 1.29 is 4.79 Å². The van der Waals surface area contributed by atoms with Crippen molar-refractivity contribution in [1.29, 1.82) is 0 Å². The molecule has 0 saturated carbocycles. The van der Waals surface area contributed by atoms with Crippen molar-refractivity contribution in [3.05, 3.63) is 40.9 Å². The fourth-order valence-corrected chi connectivity index (χ4v) is 4.12. The molecule has 1 aromatic carbocycles. The van der Waals surface area contributed by atoms with Crippen LogP contribution in [-0.4, -0.2) is 33.6 Å². The molecule has 0 bridgehead atoms. The second-order valence-electron chi connectivity index (χ2n) is 6.65. The zero-order chi connectivity index (χ0) is 18.5. The van der Waals surface area contributed by atoms with Crippen molar-refractivity contribution >= 4 is 39.8 Å². The predicted octanol–water partition coefficient (Wildman–Crippen LogP) is 5.05. The fraction of sp³-hybridized carbons (Fsp3) is 0.429. The smallest absolute Gasteiger partial charge is 0.266 e. The number of fused-ring (bicyclic) bond motifs is 1. The zero-order valence-electron chi connectivity index (χ0n) is 15.9. The Bertz CT molecular complexity index is 850. The van der Waals surface area contributed by atoms with Crippen molar-refractivity contribution in [2.75, 3.05) is 13.1 Å². The molecule has 1 fully saturated rings. The first-order valence-corrected chi connectivity index (χ1v) is 10.3. The average Bonchev–Trinajstić information content (AvgIpc) is 3.12. The molecular formula is C21H27N3OS. The van der Waals surface area contributed by atoms with Gasteiger partial charge in [-0.2, -0.15) is 0 Å². The first kappa shape index (κ1) is 18.8. The monoisotopic (exact) mass is 369 g/mol. The molecule has 0 aliphatic carbocycles. The third-order valence-corrected chi connectivity index (χ3v) is 5.64. The minimum Gasteiger partial charge on any atom is -0.350 e. The summed E-state index contributed by atoms with van der Waals surface area (Å²) in [6, 6.07) is 8.29. The number of unbranched alkanes of at least 4 members (excludes halogenated alkanes) is 2. The highest BCUT2D eigenvalue weighted by Crippen LogP contribution is 2.34. The molecule has 0 atom stereocenters. The number of rotatable bonds is 7. The first-order chi connectivity index (χ1) is 12.7. The van der Waals surface area contributed by atoms with Crippen LogP contribution in [0.1, 0.15) is 45.1 Å². The number of aliphatic imine (C=N–C) groups is 1. The van der Waals surface area contributed by atoms with Gasteiger partial charge in [-0.15, -0.1) is 0 Å². The molecule has 1 aromatic heterocycles. The Labute approximate surface area is 160 Å².